The quantitative estimate of drug-likeness (QED) is 0.165. The van der Waals surface area contributed by atoms with Crippen LogP contribution in [0.25, 0.3) is 101 Å². The lowest BCUT2D eigenvalue weighted by molar-refractivity contribution is 0.660. The standard InChI is InChI=1S/C57H41N7/c1-56(2)43-21-7-5-15-37(43)39-17-13-19-41(49(39)56)54-62-53(63-55(64-54)42-20-14-18-40-38-16-6-8-22-44(38)57(3,4)50(40)42)35-27-25-34(26-28-35)36-29-30-45-48(33-36)61-52(47-24-10-12-32-59-47)51(60-45)46-23-9-11-31-58-46/h5-33H,1-4H3. The molecule has 0 N–H and O–H groups in total. The van der Waals surface area contributed by atoms with Crippen LogP contribution in [0.2, 0.25) is 0 Å². The van der Waals surface area contributed by atoms with Gasteiger partial charge in [0.25, 0.3) is 0 Å². The lowest BCUT2D eigenvalue weighted by Gasteiger charge is -2.25. The molecule has 7 heteroatoms. The van der Waals surface area contributed by atoms with Crippen LogP contribution in [0.1, 0.15) is 49.9 Å². The van der Waals surface area contributed by atoms with Crippen LogP contribution < -0.4 is 0 Å². The highest BCUT2D eigenvalue weighted by molar-refractivity contribution is 5.91. The van der Waals surface area contributed by atoms with Gasteiger partial charge < -0.3 is 0 Å². The number of rotatable bonds is 6. The maximum atomic E-state index is 5.42. The Morgan fingerprint density at radius 3 is 1.30 bits per heavy atom. The zero-order chi connectivity index (χ0) is 43.2. The molecule has 6 aromatic carbocycles. The molecule has 0 fully saturated rings. The third kappa shape index (κ3) is 5.84. The molecule has 0 saturated carbocycles. The number of benzene rings is 6. The van der Waals surface area contributed by atoms with Crippen molar-refractivity contribution in [1.82, 2.24) is 34.9 Å². The summed E-state index contributed by atoms with van der Waals surface area (Å²) >= 11 is 0. The first kappa shape index (κ1) is 37.7. The van der Waals surface area contributed by atoms with Crippen molar-refractivity contribution in [1.29, 1.82) is 0 Å². The molecule has 2 aliphatic rings. The van der Waals surface area contributed by atoms with E-state index in [9.17, 15) is 0 Å². The van der Waals surface area contributed by atoms with Gasteiger partial charge in [-0.05, 0) is 92.0 Å². The topological polar surface area (TPSA) is 90.2 Å². The van der Waals surface area contributed by atoms with E-state index in [1.54, 1.807) is 12.4 Å². The third-order valence-electron chi connectivity index (χ3n) is 13.2. The molecule has 2 aliphatic carbocycles. The molecule has 0 aliphatic heterocycles. The zero-order valence-corrected chi connectivity index (χ0v) is 35.9. The maximum absolute atomic E-state index is 5.42. The highest BCUT2D eigenvalue weighted by atomic mass is 15.0. The number of fused-ring (bicyclic) bond motifs is 7. The Bertz CT molecular complexity index is 3360. The van der Waals surface area contributed by atoms with Crippen LogP contribution in [0.4, 0.5) is 0 Å². The first-order valence-electron chi connectivity index (χ1n) is 21.7. The first-order chi connectivity index (χ1) is 31.2. The van der Waals surface area contributed by atoms with E-state index in [1.807, 2.05) is 42.5 Å². The van der Waals surface area contributed by atoms with E-state index in [1.165, 1.54) is 44.5 Å². The van der Waals surface area contributed by atoms with Crippen molar-refractivity contribution in [3.8, 4) is 90.3 Å². The van der Waals surface area contributed by atoms with Crippen molar-refractivity contribution in [3.05, 3.63) is 198 Å². The second kappa shape index (κ2) is 14.3. The van der Waals surface area contributed by atoms with Gasteiger partial charge in [0.1, 0.15) is 11.4 Å². The average molecular weight is 824 g/mol. The first-order valence-corrected chi connectivity index (χ1v) is 21.7. The molecule has 0 amide bonds. The normalized spacial score (nSPS) is 13.9. The van der Waals surface area contributed by atoms with Crippen LogP contribution in [-0.4, -0.2) is 34.9 Å². The van der Waals surface area contributed by atoms with Gasteiger partial charge in [-0.25, -0.2) is 24.9 Å². The molecule has 10 aromatic rings. The molecule has 7 nitrogen and oxygen atoms in total. The molecule has 0 bridgehead atoms. The summed E-state index contributed by atoms with van der Waals surface area (Å²) in [5.74, 6) is 1.94. The largest absolute Gasteiger partial charge is 0.255 e. The summed E-state index contributed by atoms with van der Waals surface area (Å²) in [6.07, 6.45) is 3.55. The van der Waals surface area contributed by atoms with E-state index in [-0.39, 0.29) is 10.8 Å². The summed E-state index contributed by atoms with van der Waals surface area (Å²) in [6.45, 7) is 9.24. The highest BCUT2D eigenvalue weighted by Gasteiger charge is 2.40. The van der Waals surface area contributed by atoms with Crippen LogP contribution in [0.5, 0.6) is 0 Å². The molecule has 64 heavy (non-hydrogen) atoms. The fraction of sp³-hybridized carbons (Fsp3) is 0.105. The molecule has 0 spiro atoms. The summed E-state index contributed by atoms with van der Waals surface area (Å²) in [5.41, 5.74) is 19.0. The molecular formula is C57H41N7. The van der Waals surface area contributed by atoms with Gasteiger partial charge in [0.05, 0.1) is 22.4 Å². The summed E-state index contributed by atoms with van der Waals surface area (Å²) in [5, 5.41) is 0. The molecule has 4 heterocycles. The minimum Gasteiger partial charge on any atom is -0.255 e. The molecule has 0 atom stereocenters. The number of hydrogen-bond acceptors (Lipinski definition) is 7. The van der Waals surface area contributed by atoms with Crippen molar-refractivity contribution >= 4 is 11.0 Å². The lowest BCUT2D eigenvalue weighted by Crippen LogP contribution is -2.18. The second-order valence-electron chi connectivity index (χ2n) is 17.7. The molecule has 0 saturated heterocycles. The van der Waals surface area contributed by atoms with Gasteiger partial charge in [-0.15, -0.1) is 0 Å². The number of hydrogen-bond donors (Lipinski definition) is 0. The van der Waals surface area contributed by atoms with Crippen LogP contribution in [-0.2, 0) is 10.8 Å². The van der Waals surface area contributed by atoms with Gasteiger partial charge in [-0.1, -0.05) is 155 Å². The van der Waals surface area contributed by atoms with Crippen molar-refractivity contribution in [2.75, 3.05) is 0 Å². The fourth-order valence-corrected chi connectivity index (χ4v) is 10.2. The molecule has 0 unspecified atom stereocenters. The van der Waals surface area contributed by atoms with Crippen molar-refractivity contribution < 1.29 is 0 Å². The minimum atomic E-state index is -0.253. The predicted molar refractivity (Wildman–Crippen MR) is 256 cm³/mol. The van der Waals surface area contributed by atoms with Gasteiger partial charge in [-0.3, -0.25) is 9.97 Å². The smallest absolute Gasteiger partial charge is 0.164 e. The predicted octanol–water partition coefficient (Wildman–Crippen LogP) is 13.2. The van der Waals surface area contributed by atoms with Gasteiger partial charge in [0.15, 0.2) is 17.5 Å². The van der Waals surface area contributed by atoms with E-state index >= 15 is 0 Å². The number of nitrogens with zero attached hydrogens (tertiary/aromatic N) is 7. The van der Waals surface area contributed by atoms with Crippen LogP contribution >= 0.6 is 0 Å². The maximum Gasteiger partial charge on any atom is 0.164 e. The molecule has 12 rings (SSSR count). The minimum absolute atomic E-state index is 0.253. The van der Waals surface area contributed by atoms with E-state index in [2.05, 4.69) is 159 Å². The van der Waals surface area contributed by atoms with E-state index in [0.29, 0.717) is 28.9 Å². The molecule has 4 aromatic heterocycles. The Morgan fingerprint density at radius 1 is 0.328 bits per heavy atom. The Morgan fingerprint density at radius 2 is 0.766 bits per heavy atom. The van der Waals surface area contributed by atoms with Gasteiger partial charge in [-0.2, -0.15) is 0 Å². The molecule has 304 valence electrons. The SMILES string of the molecule is CC1(C)c2ccccc2-c2cccc(-c3nc(-c4ccc(-c5ccc6nc(-c7ccccn7)c(-c7ccccn7)nc6c5)cc4)nc(-c4cccc5c4C(C)(C)c4ccccc4-5)n3)c21. The Labute approximate surface area is 371 Å². The molecule has 0 radical (unpaired) electrons. The summed E-state index contributed by atoms with van der Waals surface area (Å²) < 4.78 is 0. The average Bonchev–Trinajstić information content (AvgIpc) is 3.73. The van der Waals surface area contributed by atoms with Crippen LogP contribution in [0, 0.1) is 0 Å². The van der Waals surface area contributed by atoms with Gasteiger partial charge in [0, 0.05) is 39.9 Å². The van der Waals surface area contributed by atoms with E-state index in [4.69, 9.17) is 24.9 Å². The highest BCUT2D eigenvalue weighted by Crippen LogP contribution is 2.53. The van der Waals surface area contributed by atoms with Crippen molar-refractivity contribution in [2.24, 2.45) is 0 Å². The van der Waals surface area contributed by atoms with Crippen LogP contribution in [0.3, 0.4) is 0 Å². The van der Waals surface area contributed by atoms with E-state index < -0.39 is 0 Å². The van der Waals surface area contributed by atoms with E-state index in [0.717, 1.165) is 50.2 Å². The summed E-state index contributed by atoms with van der Waals surface area (Å²) in [4.78, 5) is 35.6. The second-order valence-corrected chi connectivity index (χ2v) is 17.7. The monoisotopic (exact) mass is 823 g/mol. The Kier molecular flexibility index (Phi) is 8.40. The Balaban J connectivity index is 0.993. The summed E-state index contributed by atoms with van der Waals surface area (Å²) in [7, 11) is 0. The van der Waals surface area contributed by atoms with Crippen molar-refractivity contribution in [2.45, 2.75) is 38.5 Å². The van der Waals surface area contributed by atoms with Crippen LogP contribution in [0.15, 0.2) is 176 Å². The lowest BCUT2D eigenvalue weighted by atomic mass is 9.79. The van der Waals surface area contributed by atoms with Gasteiger partial charge in [0.2, 0.25) is 0 Å². The molecular weight excluding hydrogens is 783 g/mol. The van der Waals surface area contributed by atoms with Gasteiger partial charge >= 0.3 is 0 Å². The number of pyridine rings is 2. The summed E-state index contributed by atoms with van der Waals surface area (Å²) in [6, 6.07) is 56.9. The van der Waals surface area contributed by atoms with Crippen molar-refractivity contribution in [3.63, 3.8) is 0 Å². The zero-order valence-electron chi connectivity index (χ0n) is 35.9. The Hall–Kier alpha value is -8.03. The third-order valence-corrected chi connectivity index (χ3v) is 13.2. The number of aromatic nitrogens is 7. The fourth-order valence-electron chi connectivity index (χ4n) is 10.2.